The first-order valence-electron chi connectivity index (χ1n) is 21.5. The van der Waals surface area contributed by atoms with E-state index < -0.39 is 0 Å². The van der Waals surface area contributed by atoms with Gasteiger partial charge in [-0.25, -0.2) is 0 Å². The summed E-state index contributed by atoms with van der Waals surface area (Å²) in [6.07, 6.45) is 0. The molecule has 296 valence electrons. The summed E-state index contributed by atoms with van der Waals surface area (Å²) in [6, 6.07) is 87.1. The fourth-order valence-corrected chi connectivity index (χ4v) is 9.37. The van der Waals surface area contributed by atoms with Gasteiger partial charge >= 0.3 is 0 Å². The number of furan rings is 1. The Morgan fingerprint density at radius 3 is 1.41 bits per heavy atom. The molecule has 3 heteroatoms. The van der Waals surface area contributed by atoms with E-state index in [1.807, 2.05) is 12.1 Å². The number of hydrogen-bond donors (Lipinski definition) is 0. The molecule has 2 heterocycles. The van der Waals surface area contributed by atoms with Crippen LogP contribution in [0.25, 0.3) is 93.9 Å². The van der Waals surface area contributed by atoms with Crippen LogP contribution in [-0.4, -0.2) is 4.57 Å². The zero-order valence-electron chi connectivity index (χ0n) is 34.4. The maximum absolute atomic E-state index is 6.20. The van der Waals surface area contributed by atoms with Gasteiger partial charge in [0, 0.05) is 44.3 Å². The van der Waals surface area contributed by atoms with E-state index in [1.165, 1.54) is 44.1 Å². The summed E-state index contributed by atoms with van der Waals surface area (Å²) in [5.41, 5.74) is 18.0. The van der Waals surface area contributed by atoms with Gasteiger partial charge in [0.25, 0.3) is 0 Å². The van der Waals surface area contributed by atoms with Crippen LogP contribution >= 0.6 is 0 Å². The van der Waals surface area contributed by atoms with Crippen LogP contribution in [0.3, 0.4) is 0 Å². The Labute approximate surface area is 366 Å². The topological polar surface area (TPSA) is 21.3 Å². The minimum Gasteiger partial charge on any atom is -0.456 e. The van der Waals surface area contributed by atoms with Gasteiger partial charge in [0.1, 0.15) is 11.2 Å². The molecular weight excluding hydrogens is 765 g/mol. The van der Waals surface area contributed by atoms with Crippen molar-refractivity contribution >= 4 is 60.8 Å². The van der Waals surface area contributed by atoms with Crippen LogP contribution in [0, 0.1) is 0 Å². The second-order valence-electron chi connectivity index (χ2n) is 16.1. The number of fused-ring (bicyclic) bond motifs is 6. The Morgan fingerprint density at radius 2 is 0.762 bits per heavy atom. The molecule has 0 atom stereocenters. The second-order valence-corrected chi connectivity index (χ2v) is 16.1. The average molecular weight is 805 g/mol. The molecule has 12 rings (SSSR count). The standard InChI is InChI=1S/C60H40N2O/c1-2-12-41(13-3-1)42-24-26-45(27-25-42)47-14-10-15-51(40-47)61(49-36-38-50(39-37-49)62-56-20-7-4-16-53(56)54-17-5-8-21-57(54)62)48-34-32-44(33-35-48)43-28-30-46(31-29-43)52-19-11-23-59-60(52)55-18-6-9-22-58(55)63-59/h1-40H. The van der Waals surface area contributed by atoms with Crippen molar-refractivity contribution in [2.24, 2.45) is 0 Å². The highest BCUT2D eigenvalue weighted by Crippen LogP contribution is 2.41. The molecule has 0 radical (unpaired) electrons. The first-order chi connectivity index (χ1) is 31.2. The first-order valence-corrected chi connectivity index (χ1v) is 21.5. The van der Waals surface area contributed by atoms with Gasteiger partial charge in [-0.1, -0.05) is 170 Å². The van der Waals surface area contributed by atoms with Gasteiger partial charge in [-0.3, -0.25) is 0 Å². The van der Waals surface area contributed by atoms with Crippen molar-refractivity contribution in [1.82, 2.24) is 4.57 Å². The summed E-state index contributed by atoms with van der Waals surface area (Å²) in [6.45, 7) is 0. The molecule has 0 aliphatic carbocycles. The highest BCUT2D eigenvalue weighted by Gasteiger charge is 2.17. The van der Waals surface area contributed by atoms with E-state index in [0.717, 1.165) is 66.9 Å². The van der Waals surface area contributed by atoms with Gasteiger partial charge in [-0.15, -0.1) is 0 Å². The predicted molar refractivity (Wildman–Crippen MR) is 264 cm³/mol. The minimum atomic E-state index is 0.908. The summed E-state index contributed by atoms with van der Waals surface area (Å²) >= 11 is 0. The van der Waals surface area contributed by atoms with Gasteiger partial charge in [0.2, 0.25) is 0 Å². The largest absolute Gasteiger partial charge is 0.456 e. The van der Waals surface area contributed by atoms with Gasteiger partial charge < -0.3 is 13.9 Å². The molecule has 0 unspecified atom stereocenters. The molecule has 0 fully saturated rings. The smallest absolute Gasteiger partial charge is 0.136 e. The van der Waals surface area contributed by atoms with Crippen molar-refractivity contribution in [1.29, 1.82) is 0 Å². The molecule has 0 aliphatic heterocycles. The van der Waals surface area contributed by atoms with Crippen LogP contribution in [0.15, 0.2) is 247 Å². The normalized spacial score (nSPS) is 11.5. The van der Waals surface area contributed by atoms with Crippen LogP contribution in [0.2, 0.25) is 0 Å². The van der Waals surface area contributed by atoms with Crippen LogP contribution in [0.5, 0.6) is 0 Å². The molecular formula is C60H40N2O. The Bertz CT molecular complexity index is 3530. The third kappa shape index (κ3) is 6.46. The van der Waals surface area contributed by atoms with Crippen molar-refractivity contribution < 1.29 is 4.42 Å². The van der Waals surface area contributed by atoms with E-state index in [1.54, 1.807) is 0 Å². The monoisotopic (exact) mass is 804 g/mol. The van der Waals surface area contributed by atoms with Crippen molar-refractivity contribution in [3.8, 4) is 50.2 Å². The van der Waals surface area contributed by atoms with E-state index in [0.29, 0.717) is 0 Å². The van der Waals surface area contributed by atoms with Crippen molar-refractivity contribution in [3.05, 3.63) is 243 Å². The zero-order valence-corrected chi connectivity index (χ0v) is 34.4. The number of hydrogen-bond acceptors (Lipinski definition) is 2. The molecule has 0 amide bonds. The van der Waals surface area contributed by atoms with Crippen LogP contribution in [-0.2, 0) is 0 Å². The lowest BCUT2D eigenvalue weighted by Gasteiger charge is -2.26. The fraction of sp³-hybridized carbons (Fsp3) is 0. The Balaban J connectivity index is 0.912. The molecule has 12 aromatic rings. The molecule has 0 saturated carbocycles. The number of nitrogens with zero attached hydrogens (tertiary/aromatic N) is 2. The number of rotatable bonds is 8. The third-order valence-electron chi connectivity index (χ3n) is 12.4. The quantitative estimate of drug-likeness (QED) is 0.153. The average Bonchev–Trinajstić information content (AvgIpc) is 3.91. The van der Waals surface area contributed by atoms with Gasteiger partial charge in [-0.2, -0.15) is 0 Å². The molecule has 0 N–H and O–H groups in total. The maximum Gasteiger partial charge on any atom is 0.136 e. The van der Waals surface area contributed by atoms with E-state index in [-0.39, 0.29) is 0 Å². The highest BCUT2D eigenvalue weighted by atomic mass is 16.3. The molecule has 0 bridgehead atoms. The number of benzene rings is 10. The molecule has 0 spiro atoms. The summed E-state index contributed by atoms with van der Waals surface area (Å²) in [5, 5.41) is 4.80. The SMILES string of the molecule is c1ccc(-c2ccc(-c3cccc(N(c4ccc(-c5ccc(-c6cccc7oc8ccccc8c67)cc5)cc4)c4ccc(-n5c6ccccc6c6ccccc65)cc4)c3)cc2)cc1. The van der Waals surface area contributed by atoms with Crippen LogP contribution in [0.1, 0.15) is 0 Å². The summed E-state index contributed by atoms with van der Waals surface area (Å²) < 4.78 is 8.57. The van der Waals surface area contributed by atoms with E-state index in [9.17, 15) is 0 Å². The summed E-state index contributed by atoms with van der Waals surface area (Å²) in [4.78, 5) is 2.36. The Morgan fingerprint density at radius 1 is 0.302 bits per heavy atom. The lowest BCUT2D eigenvalue weighted by atomic mass is 9.97. The molecule has 0 aliphatic rings. The van der Waals surface area contributed by atoms with Gasteiger partial charge in [-0.05, 0) is 117 Å². The summed E-state index contributed by atoms with van der Waals surface area (Å²) in [5.74, 6) is 0. The summed E-state index contributed by atoms with van der Waals surface area (Å²) in [7, 11) is 0. The van der Waals surface area contributed by atoms with E-state index >= 15 is 0 Å². The molecule has 10 aromatic carbocycles. The lowest BCUT2D eigenvalue weighted by molar-refractivity contribution is 0.669. The number of anilines is 3. The Kier molecular flexibility index (Phi) is 8.83. The highest BCUT2D eigenvalue weighted by molar-refractivity contribution is 6.12. The second kappa shape index (κ2) is 15.3. The van der Waals surface area contributed by atoms with Crippen molar-refractivity contribution in [2.45, 2.75) is 0 Å². The third-order valence-corrected chi connectivity index (χ3v) is 12.4. The van der Waals surface area contributed by atoms with Crippen molar-refractivity contribution in [3.63, 3.8) is 0 Å². The van der Waals surface area contributed by atoms with Crippen molar-refractivity contribution in [2.75, 3.05) is 4.90 Å². The molecule has 2 aromatic heterocycles. The number of para-hydroxylation sites is 3. The minimum absolute atomic E-state index is 0.908. The lowest BCUT2D eigenvalue weighted by Crippen LogP contribution is -2.10. The molecule has 63 heavy (non-hydrogen) atoms. The number of aromatic nitrogens is 1. The Hall–Kier alpha value is -8.40. The maximum atomic E-state index is 6.20. The van der Waals surface area contributed by atoms with Crippen LogP contribution < -0.4 is 4.90 Å². The van der Waals surface area contributed by atoms with Gasteiger partial charge in [0.05, 0.1) is 11.0 Å². The molecule has 0 saturated heterocycles. The van der Waals surface area contributed by atoms with E-state index in [4.69, 9.17) is 4.42 Å². The molecule has 3 nitrogen and oxygen atoms in total. The van der Waals surface area contributed by atoms with Crippen LogP contribution in [0.4, 0.5) is 17.1 Å². The van der Waals surface area contributed by atoms with Gasteiger partial charge in [0.15, 0.2) is 0 Å². The van der Waals surface area contributed by atoms with E-state index in [2.05, 4.69) is 240 Å². The first kappa shape index (κ1) is 36.5. The predicted octanol–water partition coefficient (Wildman–Crippen LogP) is 16.8. The zero-order chi connectivity index (χ0) is 41.7. The fourth-order valence-electron chi connectivity index (χ4n) is 9.37.